The molecule has 4 heteroatoms. The van der Waals surface area contributed by atoms with Crippen molar-refractivity contribution in [2.75, 3.05) is 13.7 Å². The lowest BCUT2D eigenvalue weighted by molar-refractivity contribution is 0.0785. The lowest BCUT2D eigenvalue weighted by Crippen LogP contribution is -2.26. The summed E-state index contributed by atoms with van der Waals surface area (Å²) in [6.45, 7) is 8.69. The maximum atomic E-state index is 14.0. The third-order valence-electron chi connectivity index (χ3n) is 6.04. The van der Waals surface area contributed by atoms with Crippen molar-refractivity contribution in [1.29, 1.82) is 0 Å². The highest BCUT2D eigenvalue weighted by Gasteiger charge is 2.32. The third kappa shape index (κ3) is 5.80. The molecule has 2 aromatic rings. The fraction of sp³-hybridized carbons (Fsp3) is 0.520. The second kappa shape index (κ2) is 9.73. The van der Waals surface area contributed by atoms with Crippen LogP contribution in [0.15, 0.2) is 42.5 Å². The molecule has 0 unspecified atom stereocenters. The van der Waals surface area contributed by atoms with Gasteiger partial charge in [-0.15, -0.1) is 0 Å². The SMILES string of the molecule is CCC(CC)(c1ccc(C(C)(C)O)cc1)c1cc(F)cc(OC)c1.NCC1CC1. The van der Waals surface area contributed by atoms with E-state index in [2.05, 4.69) is 13.8 Å². The van der Waals surface area contributed by atoms with Gasteiger partial charge in [-0.05, 0) is 80.8 Å². The first-order chi connectivity index (χ1) is 13.7. The Bertz CT molecular complexity index is 772. The number of benzene rings is 2. The summed E-state index contributed by atoms with van der Waals surface area (Å²) in [5.41, 5.74) is 6.98. The molecule has 0 saturated heterocycles. The van der Waals surface area contributed by atoms with Crippen molar-refractivity contribution in [3.8, 4) is 5.75 Å². The lowest BCUT2D eigenvalue weighted by Gasteiger charge is -2.34. The zero-order valence-electron chi connectivity index (χ0n) is 18.5. The number of ether oxygens (including phenoxy) is 1. The molecule has 0 radical (unpaired) electrons. The van der Waals surface area contributed by atoms with Gasteiger partial charge in [-0.3, -0.25) is 0 Å². The topological polar surface area (TPSA) is 55.5 Å². The third-order valence-corrected chi connectivity index (χ3v) is 6.04. The van der Waals surface area contributed by atoms with Crippen molar-refractivity contribution in [2.45, 2.75) is 64.4 Å². The Labute approximate surface area is 175 Å². The number of hydrogen-bond acceptors (Lipinski definition) is 3. The summed E-state index contributed by atoms with van der Waals surface area (Å²) in [6.07, 6.45) is 4.46. The average Bonchev–Trinajstić information content (AvgIpc) is 3.54. The molecule has 0 atom stereocenters. The van der Waals surface area contributed by atoms with Crippen LogP contribution in [0.2, 0.25) is 0 Å². The van der Waals surface area contributed by atoms with Crippen LogP contribution in [-0.4, -0.2) is 18.8 Å². The first kappa shape index (κ1) is 23.4. The van der Waals surface area contributed by atoms with Gasteiger partial charge in [-0.1, -0.05) is 38.1 Å². The van der Waals surface area contributed by atoms with E-state index in [0.717, 1.165) is 42.0 Å². The van der Waals surface area contributed by atoms with E-state index in [-0.39, 0.29) is 11.2 Å². The zero-order chi connectivity index (χ0) is 21.7. The van der Waals surface area contributed by atoms with Crippen LogP contribution < -0.4 is 10.5 Å². The molecule has 1 saturated carbocycles. The molecule has 1 fully saturated rings. The van der Waals surface area contributed by atoms with Crippen LogP contribution in [0.1, 0.15) is 70.1 Å². The summed E-state index contributed by atoms with van der Waals surface area (Å²) >= 11 is 0. The molecular formula is C25H36FNO2. The van der Waals surface area contributed by atoms with Gasteiger partial charge in [-0.2, -0.15) is 0 Å². The Kier molecular flexibility index (Phi) is 7.84. The smallest absolute Gasteiger partial charge is 0.127 e. The second-order valence-electron chi connectivity index (χ2n) is 8.48. The molecule has 0 spiro atoms. The van der Waals surface area contributed by atoms with Gasteiger partial charge in [-0.25, -0.2) is 4.39 Å². The summed E-state index contributed by atoms with van der Waals surface area (Å²) in [7, 11) is 1.55. The summed E-state index contributed by atoms with van der Waals surface area (Å²) in [5.74, 6) is 1.16. The molecule has 29 heavy (non-hydrogen) atoms. The summed E-state index contributed by atoms with van der Waals surface area (Å²) < 4.78 is 19.3. The Morgan fingerprint density at radius 3 is 1.93 bits per heavy atom. The Morgan fingerprint density at radius 2 is 1.55 bits per heavy atom. The zero-order valence-corrected chi connectivity index (χ0v) is 18.5. The second-order valence-corrected chi connectivity index (χ2v) is 8.48. The minimum absolute atomic E-state index is 0.284. The van der Waals surface area contributed by atoms with Gasteiger partial charge >= 0.3 is 0 Å². The first-order valence-electron chi connectivity index (χ1n) is 10.6. The molecule has 0 aliphatic heterocycles. The molecule has 3 N–H and O–H groups in total. The standard InChI is InChI=1S/C21H27FO2.C4H9N/c1-6-21(7-2,17-12-18(22)14-19(13-17)24-5)16-10-8-15(9-11-16)20(3,4)23;5-3-4-1-2-4/h8-14,23H,6-7H2,1-5H3;4H,1-3,5H2. The molecule has 2 aromatic carbocycles. The van der Waals surface area contributed by atoms with Gasteiger partial charge in [0.2, 0.25) is 0 Å². The Hall–Kier alpha value is -1.91. The molecule has 1 aliphatic carbocycles. The highest BCUT2D eigenvalue weighted by atomic mass is 19.1. The quantitative estimate of drug-likeness (QED) is 0.642. The normalized spacial score (nSPS) is 14.2. The predicted molar refractivity (Wildman–Crippen MR) is 118 cm³/mol. The van der Waals surface area contributed by atoms with E-state index in [1.807, 2.05) is 30.3 Å². The van der Waals surface area contributed by atoms with E-state index in [4.69, 9.17) is 10.5 Å². The minimum Gasteiger partial charge on any atom is -0.497 e. The van der Waals surface area contributed by atoms with Crippen molar-refractivity contribution in [1.82, 2.24) is 0 Å². The molecule has 0 bridgehead atoms. The minimum atomic E-state index is -0.873. The van der Waals surface area contributed by atoms with E-state index < -0.39 is 5.60 Å². The van der Waals surface area contributed by atoms with Crippen LogP contribution in [0.25, 0.3) is 0 Å². The Balaban J connectivity index is 0.000000521. The largest absolute Gasteiger partial charge is 0.497 e. The average molecular weight is 402 g/mol. The predicted octanol–water partition coefficient (Wildman–Crippen LogP) is 5.52. The first-order valence-corrected chi connectivity index (χ1v) is 10.6. The maximum Gasteiger partial charge on any atom is 0.127 e. The van der Waals surface area contributed by atoms with Crippen molar-refractivity contribution in [2.24, 2.45) is 11.7 Å². The Morgan fingerprint density at radius 1 is 1.00 bits per heavy atom. The van der Waals surface area contributed by atoms with Gasteiger partial charge < -0.3 is 15.6 Å². The maximum absolute atomic E-state index is 14.0. The van der Waals surface area contributed by atoms with E-state index in [0.29, 0.717) is 5.75 Å². The van der Waals surface area contributed by atoms with Gasteiger partial charge in [0.05, 0.1) is 12.7 Å². The summed E-state index contributed by atoms with van der Waals surface area (Å²) in [6, 6.07) is 12.9. The van der Waals surface area contributed by atoms with Gasteiger partial charge in [0.1, 0.15) is 11.6 Å². The molecule has 0 heterocycles. The van der Waals surface area contributed by atoms with E-state index in [1.54, 1.807) is 27.0 Å². The number of nitrogens with two attached hydrogens (primary N) is 1. The number of rotatable bonds is 7. The molecule has 160 valence electrons. The van der Waals surface area contributed by atoms with Crippen LogP contribution in [0.4, 0.5) is 4.39 Å². The van der Waals surface area contributed by atoms with Crippen molar-refractivity contribution in [3.05, 3.63) is 65.0 Å². The van der Waals surface area contributed by atoms with Crippen LogP contribution in [-0.2, 0) is 11.0 Å². The number of aliphatic hydroxyl groups is 1. The molecule has 0 amide bonds. The van der Waals surface area contributed by atoms with E-state index >= 15 is 0 Å². The van der Waals surface area contributed by atoms with Crippen LogP contribution in [0.5, 0.6) is 5.75 Å². The van der Waals surface area contributed by atoms with Crippen LogP contribution >= 0.6 is 0 Å². The lowest BCUT2D eigenvalue weighted by atomic mass is 9.70. The fourth-order valence-electron chi connectivity index (χ4n) is 3.74. The van der Waals surface area contributed by atoms with Crippen molar-refractivity contribution >= 4 is 0 Å². The monoisotopic (exact) mass is 401 g/mol. The molecule has 3 rings (SSSR count). The van der Waals surface area contributed by atoms with Gasteiger partial charge in [0.15, 0.2) is 0 Å². The molecule has 0 aromatic heterocycles. The van der Waals surface area contributed by atoms with Crippen molar-refractivity contribution < 1.29 is 14.2 Å². The number of hydrogen-bond donors (Lipinski definition) is 2. The molecule has 3 nitrogen and oxygen atoms in total. The highest BCUT2D eigenvalue weighted by molar-refractivity contribution is 5.44. The number of halogens is 1. The van der Waals surface area contributed by atoms with E-state index in [9.17, 15) is 9.50 Å². The van der Waals surface area contributed by atoms with Crippen molar-refractivity contribution in [3.63, 3.8) is 0 Å². The molecular weight excluding hydrogens is 365 g/mol. The number of methoxy groups -OCH3 is 1. The van der Waals surface area contributed by atoms with Gasteiger partial charge in [0.25, 0.3) is 0 Å². The fourth-order valence-corrected chi connectivity index (χ4v) is 3.74. The highest BCUT2D eigenvalue weighted by Crippen LogP contribution is 2.41. The summed E-state index contributed by atoms with van der Waals surface area (Å²) in [4.78, 5) is 0. The molecule has 1 aliphatic rings. The van der Waals surface area contributed by atoms with Crippen LogP contribution in [0, 0.1) is 11.7 Å². The van der Waals surface area contributed by atoms with Crippen LogP contribution in [0.3, 0.4) is 0 Å². The summed E-state index contributed by atoms with van der Waals surface area (Å²) in [5, 5.41) is 10.2. The van der Waals surface area contributed by atoms with E-state index in [1.165, 1.54) is 18.9 Å². The van der Waals surface area contributed by atoms with Gasteiger partial charge in [0, 0.05) is 11.5 Å².